The molecule has 1 N–H and O–H groups in total. The van der Waals surface area contributed by atoms with Gasteiger partial charge in [0.15, 0.2) is 0 Å². The molecule has 1 saturated carbocycles. The van der Waals surface area contributed by atoms with Crippen molar-refractivity contribution in [3.8, 4) is 0 Å². The number of allylic oxidation sites excluding steroid dienone is 2. The third-order valence-corrected chi connectivity index (χ3v) is 8.25. The minimum Gasteiger partial charge on any atom is -0.462 e. The highest BCUT2D eigenvalue weighted by Crippen LogP contribution is 2.53. The third-order valence-electron chi connectivity index (χ3n) is 7.13. The quantitative estimate of drug-likeness (QED) is 0.278. The van der Waals surface area contributed by atoms with E-state index in [0.717, 1.165) is 16.9 Å². The number of esters is 1. The molecule has 2 fully saturated rings. The molecule has 0 radical (unpaired) electrons. The molecule has 1 aliphatic heterocycles. The van der Waals surface area contributed by atoms with Crippen LogP contribution in [0.25, 0.3) is 6.08 Å². The van der Waals surface area contributed by atoms with Crippen LogP contribution in [0.4, 0.5) is 10.7 Å². The van der Waals surface area contributed by atoms with E-state index in [1.165, 1.54) is 22.3 Å². The van der Waals surface area contributed by atoms with Gasteiger partial charge in [-0.05, 0) is 68.4 Å². The Morgan fingerprint density at radius 2 is 1.83 bits per heavy atom. The maximum atomic E-state index is 13.1. The van der Waals surface area contributed by atoms with Gasteiger partial charge in [-0.1, -0.05) is 24.3 Å². The van der Waals surface area contributed by atoms with Gasteiger partial charge in [-0.15, -0.1) is 11.3 Å². The van der Waals surface area contributed by atoms with Gasteiger partial charge >= 0.3 is 5.97 Å². The molecule has 2 aliphatic carbocycles. The summed E-state index contributed by atoms with van der Waals surface area (Å²) in [4.78, 5) is 53.4. The van der Waals surface area contributed by atoms with Crippen molar-refractivity contribution >= 4 is 51.8 Å². The predicted octanol–water partition coefficient (Wildman–Crippen LogP) is 4.51. The molecule has 2 heterocycles. The van der Waals surface area contributed by atoms with E-state index < -0.39 is 11.9 Å². The first kappa shape index (κ1) is 23.2. The Bertz CT molecular complexity index is 1280. The van der Waals surface area contributed by atoms with E-state index in [1.54, 1.807) is 37.3 Å². The van der Waals surface area contributed by atoms with Crippen LogP contribution in [0.5, 0.6) is 0 Å². The summed E-state index contributed by atoms with van der Waals surface area (Å²) in [7, 11) is 0. The molecule has 3 amide bonds. The number of ether oxygens (including phenoxy) is 1. The monoisotopic (exact) mass is 490 g/mol. The van der Waals surface area contributed by atoms with Gasteiger partial charge in [0.05, 0.1) is 29.7 Å². The fourth-order valence-corrected chi connectivity index (χ4v) is 6.47. The van der Waals surface area contributed by atoms with Gasteiger partial charge in [-0.25, -0.2) is 9.69 Å². The molecule has 8 heteroatoms. The first-order chi connectivity index (χ1) is 16.8. The number of nitrogens with one attached hydrogen (secondary N) is 1. The fraction of sp³-hybridized carbons (Fsp3) is 0.333. The molecule has 2 aromatic rings. The largest absolute Gasteiger partial charge is 0.462 e. The number of aryl methyl sites for hydroxylation is 1. The second kappa shape index (κ2) is 8.92. The molecular weight excluding hydrogens is 464 g/mol. The molecule has 35 heavy (non-hydrogen) atoms. The van der Waals surface area contributed by atoms with Crippen LogP contribution in [0.2, 0.25) is 0 Å². The summed E-state index contributed by atoms with van der Waals surface area (Å²) in [5, 5.41) is 3.22. The van der Waals surface area contributed by atoms with Gasteiger partial charge in [0.25, 0.3) is 0 Å². The third kappa shape index (κ3) is 3.91. The number of amides is 3. The summed E-state index contributed by atoms with van der Waals surface area (Å²) in [5.41, 5.74) is 2.36. The Kier molecular flexibility index (Phi) is 5.92. The van der Waals surface area contributed by atoms with Crippen molar-refractivity contribution in [2.24, 2.45) is 23.7 Å². The Labute approximate surface area is 207 Å². The molecule has 2 bridgehead atoms. The second-order valence-electron chi connectivity index (χ2n) is 9.14. The summed E-state index contributed by atoms with van der Waals surface area (Å²) in [6, 6.07) is 7.04. The number of thiophene rings is 1. The minimum atomic E-state index is -0.463. The number of rotatable bonds is 6. The average Bonchev–Trinajstić information content (AvgIpc) is 3.56. The van der Waals surface area contributed by atoms with Crippen LogP contribution in [0.3, 0.4) is 0 Å². The van der Waals surface area contributed by atoms with E-state index >= 15 is 0 Å². The predicted molar refractivity (Wildman–Crippen MR) is 134 cm³/mol. The SMILES string of the molecule is CCOC(=O)c1c(NC(=O)/C=C/c2cccc(N3C(=O)[C@@H]4[C@H](C3=O)[C@H]3C=C[C@@H]4C3)c2)sc(C)c1C. The van der Waals surface area contributed by atoms with Crippen molar-refractivity contribution in [3.05, 3.63) is 64.1 Å². The van der Waals surface area contributed by atoms with Crippen LogP contribution in [0.15, 0.2) is 42.5 Å². The summed E-state index contributed by atoms with van der Waals surface area (Å²) < 4.78 is 5.13. The highest BCUT2D eigenvalue weighted by molar-refractivity contribution is 7.16. The van der Waals surface area contributed by atoms with Crippen LogP contribution < -0.4 is 10.2 Å². The summed E-state index contributed by atoms with van der Waals surface area (Å²) >= 11 is 1.32. The zero-order valence-corrected chi connectivity index (χ0v) is 20.6. The maximum absolute atomic E-state index is 13.1. The second-order valence-corrected chi connectivity index (χ2v) is 10.4. The van der Waals surface area contributed by atoms with Gasteiger partial charge in [-0.3, -0.25) is 14.4 Å². The lowest BCUT2D eigenvalue weighted by Gasteiger charge is -2.17. The Balaban J connectivity index is 1.32. The molecular formula is C27H26N2O5S. The molecule has 1 aromatic carbocycles. The number of anilines is 2. The van der Waals surface area contributed by atoms with Crippen molar-refractivity contribution in [2.75, 3.05) is 16.8 Å². The molecule has 5 rings (SSSR count). The molecule has 3 aliphatic rings. The van der Waals surface area contributed by atoms with Gasteiger partial charge in [-0.2, -0.15) is 0 Å². The maximum Gasteiger partial charge on any atom is 0.341 e. The van der Waals surface area contributed by atoms with E-state index in [1.807, 2.05) is 13.8 Å². The van der Waals surface area contributed by atoms with E-state index in [4.69, 9.17) is 4.74 Å². The molecule has 0 spiro atoms. The average molecular weight is 491 g/mol. The Hall–Kier alpha value is -3.52. The fourth-order valence-electron chi connectivity index (χ4n) is 5.41. The number of imide groups is 1. The molecule has 4 atom stereocenters. The highest BCUT2D eigenvalue weighted by atomic mass is 32.1. The zero-order valence-electron chi connectivity index (χ0n) is 19.7. The highest BCUT2D eigenvalue weighted by Gasteiger charge is 2.59. The van der Waals surface area contributed by atoms with E-state index in [-0.39, 0.29) is 42.1 Å². The smallest absolute Gasteiger partial charge is 0.341 e. The van der Waals surface area contributed by atoms with Gasteiger partial charge in [0.2, 0.25) is 17.7 Å². The van der Waals surface area contributed by atoms with Crippen molar-refractivity contribution in [2.45, 2.75) is 27.2 Å². The van der Waals surface area contributed by atoms with Crippen molar-refractivity contribution in [1.82, 2.24) is 0 Å². The molecule has 0 unspecified atom stereocenters. The topological polar surface area (TPSA) is 92.8 Å². The van der Waals surface area contributed by atoms with Crippen LogP contribution in [-0.4, -0.2) is 30.3 Å². The van der Waals surface area contributed by atoms with Gasteiger partial charge in [0.1, 0.15) is 5.00 Å². The van der Waals surface area contributed by atoms with Crippen LogP contribution in [0.1, 0.15) is 39.7 Å². The number of carbonyl (C=O) groups is 4. The first-order valence-corrected chi connectivity index (χ1v) is 12.5. The standard InChI is InChI=1S/C27H26N2O5S/c1-4-34-27(33)21-14(2)15(3)35-24(21)28-20(30)11-8-16-6-5-7-19(12-16)29-25(31)22-17-9-10-18(13-17)23(22)26(29)32/h5-12,17-18,22-23H,4,13H2,1-3H3,(H,28,30)/b11-8+/t17-,18+,22+,23-. The van der Waals surface area contributed by atoms with E-state index in [0.29, 0.717) is 21.8 Å². The van der Waals surface area contributed by atoms with E-state index in [2.05, 4.69) is 17.5 Å². The number of fused-ring (bicyclic) bond motifs is 5. The Morgan fingerprint density at radius 3 is 2.49 bits per heavy atom. The molecule has 180 valence electrons. The van der Waals surface area contributed by atoms with Gasteiger partial charge < -0.3 is 10.1 Å². The number of hydrogen-bond donors (Lipinski definition) is 1. The normalized spacial score (nSPS) is 24.5. The van der Waals surface area contributed by atoms with Crippen molar-refractivity contribution in [1.29, 1.82) is 0 Å². The van der Waals surface area contributed by atoms with E-state index in [9.17, 15) is 19.2 Å². The molecule has 1 saturated heterocycles. The number of hydrogen-bond acceptors (Lipinski definition) is 6. The lowest BCUT2D eigenvalue weighted by Crippen LogP contribution is -2.32. The van der Waals surface area contributed by atoms with Crippen LogP contribution >= 0.6 is 11.3 Å². The lowest BCUT2D eigenvalue weighted by atomic mass is 9.85. The van der Waals surface area contributed by atoms with Crippen LogP contribution in [0, 0.1) is 37.5 Å². The molecule has 7 nitrogen and oxygen atoms in total. The number of nitrogens with zero attached hydrogens (tertiary/aromatic N) is 1. The van der Waals surface area contributed by atoms with Crippen molar-refractivity contribution in [3.63, 3.8) is 0 Å². The molecule has 1 aromatic heterocycles. The summed E-state index contributed by atoms with van der Waals surface area (Å²) in [6.45, 7) is 5.69. The first-order valence-electron chi connectivity index (χ1n) is 11.7. The number of benzene rings is 1. The minimum absolute atomic E-state index is 0.134. The Morgan fingerprint density at radius 1 is 1.14 bits per heavy atom. The van der Waals surface area contributed by atoms with Crippen LogP contribution in [-0.2, 0) is 19.1 Å². The summed E-state index contributed by atoms with van der Waals surface area (Å²) in [6.07, 6.45) is 8.02. The van der Waals surface area contributed by atoms with Gasteiger partial charge in [0, 0.05) is 11.0 Å². The zero-order chi connectivity index (χ0) is 24.9. The lowest BCUT2D eigenvalue weighted by molar-refractivity contribution is -0.123. The van der Waals surface area contributed by atoms with Crippen molar-refractivity contribution < 1.29 is 23.9 Å². The summed E-state index contributed by atoms with van der Waals surface area (Å²) in [5.74, 6) is -1.33. The number of carbonyl (C=O) groups excluding carboxylic acids is 4.